The minimum Gasteiger partial charge on any atom is -0.382 e. The summed E-state index contributed by atoms with van der Waals surface area (Å²) in [5, 5.41) is 0. The smallest absolute Gasteiger partial charge is 0.382 e. The first-order chi connectivity index (χ1) is 13.9. The Labute approximate surface area is 174 Å². The molecule has 0 amide bonds. The fourth-order valence-corrected chi connectivity index (χ4v) is 5.05. The molecule has 1 heterocycles. The predicted octanol–water partition coefficient (Wildman–Crippen LogP) is 1.21. The second-order valence-corrected chi connectivity index (χ2v) is 10.4. The van der Waals surface area contributed by atoms with Crippen molar-refractivity contribution in [2.75, 3.05) is 52.4 Å². The van der Waals surface area contributed by atoms with Crippen LogP contribution < -0.4 is 0 Å². The Balaban J connectivity index is 2.20. The highest BCUT2D eigenvalue weighted by Crippen LogP contribution is 2.26. The van der Waals surface area contributed by atoms with E-state index in [1.54, 1.807) is 7.11 Å². The van der Waals surface area contributed by atoms with E-state index in [9.17, 15) is 34.9 Å². The summed E-state index contributed by atoms with van der Waals surface area (Å²) >= 11 is 0. The average molecular weight is 483 g/mol. The molecule has 0 fully saturated rings. The van der Waals surface area contributed by atoms with Gasteiger partial charge in [0.05, 0.1) is 31.4 Å². The van der Waals surface area contributed by atoms with Crippen molar-refractivity contribution >= 4 is 20.0 Å². The number of halogens is 3. The summed E-state index contributed by atoms with van der Waals surface area (Å²) in [5.41, 5.74) is -5.96. The number of nitroso groups, excluding NO2 is 1. The first kappa shape index (κ1) is 26.6. The lowest BCUT2D eigenvalue weighted by molar-refractivity contribution is -0.231. The van der Waals surface area contributed by atoms with Gasteiger partial charge in [-0.3, -0.25) is 0 Å². The van der Waals surface area contributed by atoms with Crippen LogP contribution in [0.5, 0.6) is 0 Å². The van der Waals surface area contributed by atoms with Crippen LogP contribution in [0.3, 0.4) is 0 Å². The van der Waals surface area contributed by atoms with E-state index >= 15 is 0 Å². The Kier molecular flexibility index (Phi) is 10.5. The second kappa shape index (κ2) is 11.8. The maximum atomic E-state index is 12.3. The molecule has 15 heteroatoms. The van der Waals surface area contributed by atoms with E-state index in [1.165, 1.54) is 0 Å². The van der Waals surface area contributed by atoms with Gasteiger partial charge in [0.25, 0.3) is 3.57 Å². The lowest BCUT2D eigenvalue weighted by atomic mass is 10.2. The van der Waals surface area contributed by atoms with Crippen molar-refractivity contribution in [1.82, 2.24) is 9.80 Å². The van der Waals surface area contributed by atoms with E-state index in [2.05, 4.69) is 4.90 Å². The molecule has 30 heavy (non-hydrogen) atoms. The minimum atomic E-state index is -6.45. The van der Waals surface area contributed by atoms with Crippen molar-refractivity contribution in [2.24, 2.45) is 0 Å². The first-order valence-electron chi connectivity index (χ1n) is 9.16. The topological polar surface area (TPSA) is 113 Å². The number of methoxy groups -OCH3 is 1. The van der Waals surface area contributed by atoms with Crippen molar-refractivity contribution in [3.05, 3.63) is 17.3 Å². The summed E-state index contributed by atoms with van der Waals surface area (Å²) in [5.74, 6) is -0.966. The van der Waals surface area contributed by atoms with E-state index in [0.29, 0.717) is 52.3 Å². The largest absolute Gasteiger partial charge is 0.566 e. The predicted molar refractivity (Wildman–Crippen MR) is 101 cm³/mol. The fourth-order valence-electron chi connectivity index (χ4n) is 2.49. The van der Waals surface area contributed by atoms with E-state index < -0.39 is 34.9 Å². The number of nitrogens with zero attached hydrogens (tertiary/aromatic N) is 3. The highest BCUT2D eigenvalue weighted by Gasteiger charge is 2.63. The molecule has 0 atom stereocenters. The van der Waals surface area contributed by atoms with E-state index in [1.807, 2.05) is 17.3 Å². The number of hydrogen-bond donors (Lipinski definition) is 0. The van der Waals surface area contributed by atoms with Gasteiger partial charge in [-0.25, -0.2) is 0 Å². The van der Waals surface area contributed by atoms with Gasteiger partial charge in [0.1, 0.15) is 5.75 Å². The van der Waals surface area contributed by atoms with Gasteiger partial charge in [-0.1, -0.05) is 12.8 Å². The van der Waals surface area contributed by atoms with Crippen molar-refractivity contribution in [3.8, 4) is 0 Å². The summed E-state index contributed by atoms with van der Waals surface area (Å²) in [7, 11) is -9.96. The lowest BCUT2D eigenvalue weighted by Crippen LogP contribution is -2.37. The number of sulfonamides is 2. The van der Waals surface area contributed by atoms with Gasteiger partial charge in [0.2, 0.25) is 0 Å². The second-order valence-electron chi connectivity index (χ2n) is 6.51. The molecule has 0 aliphatic carbocycles. The molecular weight excluding hydrogens is 455 g/mol. The van der Waals surface area contributed by atoms with Crippen molar-refractivity contribution < 1.29 is 43.1 Å². The number of unbranched alkanes of at least 4 members (excludes halogenated alkanes) is 3. The third-order valence-corrected chi connectivity index (χ3v) is 7.63. The zero-order valence-electron chi connectivity index (χ0n) is 16.6. The molecule has 0 saturated carbocycles. The summed E-state index contributed by atoms with van der Waals surface area (Å²) in [6, 6.07) is 0. The van der Waals surface area contributed by atoms with Gasteiger partial charge in [0.15, 0.2) is 0 Å². The first-order valence-corrected chi connectivity index (χ1v) is 12.2. The van der Waals surface area contributed by atoms with Crippen LogP contribution in [-0.4, -0.2) is 88.2 Å². The van der Waals surface area contributed by atoms with Gasteiger partial charge in [-0.15, -0.1) is 8.42 Å². The van der Waals surface area contributed by atoms with Crippen LogP contribution >= 0.6 is 0 Å². The van der Waals surface area contributed by atoms with Crippen LogP contribution in [0.1, 0.15) is 25.7 Å². The molecule has 1 aliphatic rings. The molecule has 1 aliphatic heterocycles. The molecule has 176 valence electrons. The Morgan fingerprint density at radius 1 is 0.933 bits per heavy atom. The summed E-state index contributed by atoms with van der Waals surface area (Å²) < 4.78 is 90.1. The molecule has 0 N–H and O–H groups in total. The maximum Gasteiger partial charge on any atom is 0.566 e. The van der Waals surface area contributed by atoms with Crippen LogP contribution in [0.25, 0.3) is 0 Å². The van der Waals surface area contributed by atoms with E-state index in [0.717, 1.165) is 6.54 Å². The van der Waals surface area contributed by atoms with Crippen LogP contribution in [0.4, 0.5) is 13.2 Å². The van der Waals surface area contributed by atoms with Gasteiger partial charge in [-0.2, -0.15) is 21.6 Å². The molecule has 10 nitrogen and oxygen atoms in total. The average Bonchev–Trinajstić information content (AvgIpc) is 3.10. The molecule has 0 aromatic heterocycles. The summed E-state index contributed by atoms with van der Waals surface area (Å²) in [6.45, 7) is 3.73. The third-order valence-electron chi connectivity index (χ3n) is 4.12. The highest BCUT2D eigenvalue weighted by atomic mass is 32.3. The number of hydrogen-bond acceptors (Lipinski definition) is 9. The van der Waals surface area contributed by atoms with Gasteiger partial charge >= 0.3 is 25.6 Å². The third kappa shape index (κ3) is 8.35. The molecule has 0 unspecified atom stereocenters. The normalized spacial score (nSPS) is 15.2. The van der Waals surface area contributed by atoms with Crippen LogP contribution in [0.2, 0.25) is 0 Å². The SMILES string of the molecule is COCCOCCN1C=CN(CCCCCCS(=O)(=O)[N+](=O)S(=O)(=O)C(F)(F)F)C1. The molecule has 1 rings (SSSR count). The molecule has 0 bridgehead atoms. The molecule has 0 saturated heterocycles. The quantitative estimate of drug-likeness (QED) is 0.251. The number of alkyl halides is 3. The molecular formula is C15H27F3N3O7S2+. The Bertz CT molecular complexity index is 786. The fraction of sp³-hybridized carbons (Fsp3) is 0.867. The summed E-state index contributed by atoms with van der Waals surface area (Å²) in [4.78, 5) is 15.3. The Morgan fingerprint density at radius 2 is 1.53 bits per heavy atom. The van der Waals surface area contributed by atoms with Crippen molar-refractivity contribution in [2.45, 2.75) is 31.2 Å². The molecule has 0 aromatic carbocycles. The van der Waals surface area contributed by atoms with Gasteiger partial charge < -0.3 is 19.3 Å². The molecule has 0 aromatic rings. The monoisotopic (exact) mass is 482 g/mol. The van der Waals surface area contributed by atoms with Crippen molar-refractivity contribution in [1.29, 1.82) is 0 Å². The van der Waals surface area contributed by atoms with E-state index in [-0.39, 0.29) is 6.42 Å². The maximum absolute atomic E-state index is 12.3. The van der Waals surface area contributed by atoms with Crippen LogP contribution in [-0.2, 0) is 29.5 Å². The lowest BCUT2D eigenvalue weighted by Gasteiger charge is -2.21. The van der Waals surface area contributed by atoms with Gasteiger partial charge in [-0.05, 0) is 12.8 Å². The van der Waals surface area contributed by atoms with Crippen molar-refractivity contribution in [3.63, 3.8) is 0 Å². The highest BCUT2D eigenvalue weighted by molar-refractivity contribution is 7.97. The zero-order chi connectivity index (χ0) is 22.8. The number of rotatable bonds is 15. The Morgan fingerprint density at radius 3 is 2.13 bits per heavy atom. The minimum absolute atomic E-state index is 0.116. The Hall–Kier alpha value is -1.45. The number of ether oxygens (including phenoxy) is 2. The molecule has 0 spiro atoms. The standard InChI is InChI=1S/C15H27F3N3O7S2/c1-27-11-12-28-10-9-20-8-7-19(14-20)6-4-2-3-5-13-29(23,24)21(22)30(25,26)15(16,17)18/h7-8H,2-6,9-14H2,1H3/q+1. The zero-order valence-corrected chi connectivity index (χ0v) is 18.2. The molecule has 0 radical (unpaired) electrons. The summed E-state index contributed by atoms with van der Waals surface area (Å²) in [6.07, 6.45) is 5.32. The van der Waals surface area contributed by atoms with Crippen LogP contribution in [0, 0.1) is 4.91 Å². The van der Waals surface area contributed by atoms with E-state index in [4.69, 9.17) is 9.47 Å². The van der Waals surface area contributed by atoms with Gasteiger partial charge in [0, 0.05) is 32.6 Å². The van der Waals surface area contributed by atoms with Crippen LogP contribution in [0.15, 0.2) is 12.4 Å².